The summed E-state index contributed by atoms with van der Waals surface area (Å²) in [5, 5.41) is 3.43. The van der Waals surface area contributed by atoms with Crippen LogP contribution in [0.1, 0.15) is 41.0 Å². The van der Waals surface area contributed by atoms with Gasteiger partial charge in [0.1, 0.15) is 6.04 Å². The van der Waals surface area contributed by atoms with Crippen molar-refractivity contribution in [3.05, 3.63) is 63.6 Å². The standard InChI is InChI=1S/C20H18Cl2N2O3/c1-11(2)9-17(18(25)23-16-8-7-12(21)10-15(16)22)24-19(26)13-5-3-4-6-14(13)20(24)27/h3-8,10-11,17H,9H2,1-2H3,(H,23,25)/t17-/m1/s1. The monoisotopic (exact) mass is 404 g/mol. The number of halogens is 2. The molecule has 0 saturated carbocycles. The van der Waals surface area contributed by atoms with Gasteiger partial charge in [-0.2, -0.15) is 0 Å². The smallest absolute Gasteiger partial charge is 0.262 e. The van der Waals surface area contributed by atoms with Crippen LogP contribution in [0.25, 0.3) is 0 Å². The van der Waals surface area contributed by atoms with Gasteiger partial charge < -0.3 is 5.32 Å². The summed E-state index contributed by atoms with van der Waals surface area (Å²) in [6, 6.07) is 10.3. The van der Waals surface area contributed by atoms with E-state index in [2.05, 4.69) is 5.32 Å². The number of nitrogens with zero attached hydrogens (tertiary/aromatic N) is 1. The Labute approximate surface area is 167 Å². The second-order valence-electron chi connectivity index (χ2n) is 6.78. The van der Waals surface area contributed by atoms with Gasteiger partial charge in [-0.05, 0) is 42.7 Å². The second-order valence-corrected chi connectivity index (χ2v) is 7.63. The van der Waals surface area contributed by atoms with Crippen LogP contribution in [0.15, 0.2) is 42.5 Å². The van der Waals surface area contributed by atoms with Gasteiger partial charge in [-0.1, -0.05) is 49.2 Å². The first-order chi connectivity index (χ1) is 12.8. The molecule has 2 aromatic carbocycles. The Kier molecular flexibility index (Phi) is 5.53. The predicted octanol–water partition coefficient (Wildman–Crippen LogP) is 4.64. The van der Waals surface area contributed by atoms with E-state index >= 15 is 0 Å². The Bertz CT molecular complexity index is 892. The molecule has 1 aliphatic rings. The highest BCUT2D eigenvalue weighted by atomic mass is 35.5. The van der Waals surface area contributed by atoms with Gasteiger partial charge >= 0.3 is 0 Å². The van der Waals surface area contributed by atoms with Crippen LogP contribution >= 0.6 is 23.2 Å². The van der Waals surface area contributed by atoms with Crippen molar-refractivity contribution >= 4 is 46.6 Å². The average molecular weight is 405 g/mol. The van der Waals surface area contributed by atoms with E-state index in [1.807, 2.05) is 13.8 Å². The number of nitrogens with one attached hydrogen (secondary N) is 1. The molecule has 3 amide bonds. The van der Waals surface area contributed by atoms with E-state index in [-0.39, 0.29) is 10.9 Å². The molecule has 0 saturated heterocycles. The minimum absolute atomic E-state index is 0.0887. The van der Waals surface area contributed by atoms with E-state index in [0.717, 1.165) is 4.90 Å². The van der Waals surface area contributed by atoms with Crippen LogP contribution in [-0.4, -0.2) is 28.7 Å². The maximum absolute atomic E-state index is 13.0. The summed E-state index contributed by atoms with van der Waals surface area (Å²) in [7, 11) is 0. The molecule has 0 aromatic heterocycles. The van der Waals surface area contributed by atoms with Crippen molar-refractivity contribution in [3.63, 3.8) is 0 Å². The number of amides is 3. The summed E-state index contributed by atoms with van der Waals surface area (Å²) in [6.07, 6.45) is 0.336. The van der Waals surface area contributed by atoms with Gasteiger partial charge in [0.25, 0.3) is 11.8 Å². The highest BCUT2D eigenvalue weighted by Gasteiger charge is 2.42. The fourth-order valence-corrected chi connectivity index (χ4v) is 3.53. The first-order valence-electron chi connectivity index (χ1n) is 8.52. The summed E-state index contributed by atoms with van der Waals surface area (Å²) >= 11 is 12.0. The van der Waals surface area contributed by atoms with E-state index in [1.54, 1.807) is 36.4 Å². The summed E-state index contributed by atoms with van der Waals surface area (Å²) in [5.41, 5.74) is 0.999. The van der Waals surface area contributed by atoms with E-state index in [0.29, 0.717) is 28.3 Å². The number of fused-ring (bicyclic) bond motifs is 1. The third-order valence-corrected chi connectivity index (χ3v) is 4.87. The second kappa shape index (κ2) is 7.71. The number of anilines is 1. The maximum Gasteiger partial charge on any atom is 0.262 e. The Balaban J connectivity index is 1.91. The van der Waals surface area contributed by atoms with Crippen molar-refractivity contribution in [3.8, 4) is 0 Å². The lowest BCUT2D eigenvalue weighted by Gasteiger charge is -2.27. The van der Waals surface area contributed by atoms with Crippen molar-refractivity contribution in [2.24, 2.45) is 5.92 Å². The summed E-state index contributed by atoms with van der Waals surface area (Å²) in [4.78, 5) is 39.6. The maximum atomic E-state index is 13.0. The van der Waals surface area contributed by atoms with Gasteiger partial charge in [0.05, 0.1) is 21.8 Å². The van der Waals surface area contributed by atoms with Crippen LogP contribution in [0, 0.1) is 5.92 Å². The molecule has 0 bridgehead atoms. The molecule has 1 N–H and O–H groups in total. The minimum Gasteiger partial charge on any atom is -0.323 e. The average Bonchev–Trinajstić information content (AvgIpc) is 2.86. The van der Waals surface area contributed by atoms with Gasteiger partial charge in [0.2, 0.25) is 5.91 Å². The van der Waals surface area contributed by atoms with Crippen molar-refractivity contribution in [1.29, 1.82) is 0 Å². The molecule has 0 radical (unpaired) electrons. The van der Waals surface area contributed by atoms with Gasteiger partial charge in [-0.15, -0.1) is 0 Å². The SMILES string of the molecule is CC(C)C[C@H](C(=O)Nc1ccc(Cl)cc1Cl)N1C(=O)c2ccccc2C1=O. The molecule has 1 heterocycles. The number of carbonyl (C=O) groups is 3. The number of rotatable bonds is 5. The van der Waals surface area contributed by atoms with Crippen molar-refractivity contribution in [2.75, 3.05) is 5.32 Å². The first kappa shape index (κ1) is 19.4. The molecule has 7 heteroatoms. The molecule has 0 aliphatic carbocycles. The van der Waals surface area contributed by atoms with Crippen LogP contribution in [0.5, 0.6) is 0 Å². The first-order valence-corrected chi connectivity index (χ1v) is 9.28. The molecule has 0 fully saturated rings. The van der Waals surface area contributed by atoms with Gasteiger partial charge in [0, 0.05) is 5.02 Å². The molecular formula is C20H18Cl2N2O3. The van der Waals surface area contributed by atoms with E-state index in [9.17, 15) is 14.4 Å². The van der Waals surface area contributed by atoms with Gasteiger partial charge in [0.15, 0.2) is 0 Å². The van der Waals surface area contributed by atoms with Crippen molar-refractivity contribution in [1.82, 2.24) is 4.90 Å². The number of benzene rings is 2. The quantitative estimate of drug-likeness (QED) is 0.737. The molecule has 5 nitrogen and oxygen atoms in total. The van der Waals surface area contributed by atoms with Crippen LogP contribution in [-0.2, 0) is 4.79 Å². The molecule has 0 spiro atoms. The van der Waals surface area contributed by atoms with Crippen LogP contribution in [0.4, 0.5) is 5.69 Å². The van der Waals surface area contributed by atoms with Gasteiger partial charge in [-0.3, -0.25) is 19.3 Å². The highest BCUT2D eigenvalue weighted by molar-refractivity contribution is 6.36. The highest BCUT2D eigenvalue weighted by Crippen LogP contribution is 2.29. The molecule has 140 valence electrons. The van der Waals surface area contributed by atoms with E-state index < -0.39 is 23.8 Å². The zero-order valence-corrected chi connectivity index (χ0v) is 16.3. The number of hydrogen-bond donors (Lipinski definition) is 1. The molecule has 1 atom stereocenters. The Morgan fingerprint density at radius 1 is 1.04 bits per heavy atom. The fraction of sp³-hybridized carbons (Fsp3) is 0.250. The van der Waals surface area contributed by atoms with E-state index in [4.69, 9.17) is 23.2 Å². The fourth-order valence-electron chi connectivity index (χ4n) is 3.07. The summed E-state index contributed by atoms with van der Waals surface area (Å²) in [6.45, 7) is 3.85. The third kappa shape index (κ3) is 3.84. The van der Waals surface area contributed by atoms with Crippen molar-refractivity contribution < 1.29 is 14.4 Å². The third-order valence-electron chi connectivity index (χ3n) is 4.32. The zero-order valence-electron chi connectivity index (χ0n) is 14.8. The Morgan fingerprint density at radius 3 is 2.15 bits per heavy atom. The molecular weight excluding hydrogens is 387 g/mol. The number of imide groups is 1. The Morgan fingerprint density at radius 2 is 1.63 bits per heavy atom. The zero-order chi connectivity index (χ0) is 19.7. The van der Waals surface area contributed by atoms with Crippen molar-refractivity contribution in [2.45, 2.75) is 26.3 Å². The van der Waals surface area contributed by atoms with Crippen LogP contribution in [0.3, 0.4) is 0 Å². The molecule has 0 unspecified atom stereocenters. The van der Waals surface area contributed by atoms with Crippen LogP contribution in [0.2, 0.25) is 10.0 Å². The largest absolute Gasteiger partial charge is 0.323 e. The normalized spacial score (nSPS) is 14.5. The number of carbonyl (C=O) groups excluding carboxylic acids is 3. The number of hydrogen-bond acceptors (Lipinski definition) is 3. The summed E-state index contributed by atoms with van der Waals surface area (Å²) in [5.74, 6) is -1.30. The molecule has 2 aromatic rings. The predicted molar refractivity (Wildman–Crippen MR) is 105 cm³/mol. The topological polar surface area (TPSA) is 66.5 Å². The lowest BCUT2D eigenvalue weighted by molar-refractivity contribution is -0.120. The molecule has 3 rings (SSSR count). The van der Waals surface area contributed by atoms with Crippen LogP contribution < -0.4 is 5.32 Å². The summed E-state index contributed by atoms with van der Waals surface area (Å²) < 4.78 is 0. The van der Waals surface area contributed by atoms with Gasteiger partial charge in [-0.25, -0.2) is 0 Å². The lowest BCUT2D eigenvalue weighted by Crippen LogP contribution is -2.48. The molecule has 1 aliphatic heterocycles. The lowest BCUT2D eigenvalue weighted by atomic mass is 10.0. The minimum atomic E-state index is -0.941. The Hall–Kier alpha value is -2.37. The molecule has 27 heavy (non-hydrogen) atoms. The van der Waals surface area contributed by atoms with E-state index in [1.165, 1.54) is 6.07 Å².